The molecule has 1 N–H and O–H groups in total. The van der Waals surface area contributed by atoms with E-state index in [1.165, 1.54) is 32.1 Å². The molecule has 4 atom stereocenters. The van der Waals surface area contributed by atoms with Crippen LogP contribution in [0.4, 0.5) is 4.79 Å². The fourth-order valence-electron chi connectivity index (χ4n) is 4.04. The normalized spacial score (nSPS) is 46.3. The summed E-state index contributed by atoms with van der Waals surface area (Å²) in [6.45, 7) is 1.05. The standard InChI is InChI=1S/C12H18N2O/c15-12(13-9-3-4-9)14-6-10-7-1-2-8(5-7)11(10)14/h7-11H,1-6H2,(H,13,15)/t7-,8-,10-,11+/m0/s1. The summed E-state index contributed by atoms with van der Waals surface area (Å²) in [5.74, 6) is 2.68. The van der Waals surface area contributed by atoms with E-state index in [1.807, 2.05) is 0 Å². The predicted octanol–water partition coefficient (Wildman–Crippen LogP) is 1.59. The number of likely N-dealkylation sites (tertiary alicyclic amines) is 1. The van der Waals surface area contributed by atoms with Gasteiger partial charge in [-0.3, -0.25) is 0 Å². The van der Waals surface area contributed by atoms with Gasteiger partial charge in [0.05, 0.1) is 0 Å². The molecule has 82 valence electrons. The molecule has 0 spiro atoms. The maximum Gasteiger partial charge on any atom is 0.317 e. The van der Waals surface area contributed by atoms with Crippen LogP contribution in [0.25, 0.3) is 0 Å². The number of nitrogens with one attached hydrogen (secondary N) is 1. The van der Waals surface area contributed by atoms with E-state index in [4.69, 9.17) is 0 Å². The molecule has 0 radical (unpaired) electrons. The summed E-state index contributed by atoms with van der Waals surface area (Å²) < 4.78 is 0. The summed E-state index contributed by atoms with van der Waals surface area (Å²) in [6, 6.07) is 1.36. The van der Waals surface area contributed by atoms with Gasteiger partial charge >= 0.3 is 6.03 Å². The minimum Gasteiger partial charge on any atom is -0.335 e. The molecule has 0 aromatic rings. The van der Waals surface area contributed by atoms with Crippen molar-refractivity contribution >= 4 is 6.03 Å². The summed E-state index contributed by atoms with van der Waals surface area (Å²) in [7, 11) is 0. The summed E-state index contributed by atoms with van der Waals surface area (Å²) >= 11 is 0. The zero-order chi connectivity index (χ0) is 9.99. The fourth-order valence-corrected chi connectivity index (χ4v) is 4.04. The molecule has 3 nitrogen and oxygen atoms in total. The number of carbonyl (C=O) groups is 1. The second-order valence-corrected chi connectivity index (χ2v) is 5.86. The zero-order valence-corrected chi connectivity index (χ0v) is 8.98. The Labute approximate surface area is 90.2 Å². The largest absolute Gasteiger partial charge is 0.335 e. The van der Waals surface area contributed by atoms with E-state index in [-0.39, 0.29) is 6.03 Å². The first-order valence-corrected chi connectivity index (χ1v) is 6.40. The molecule has 1 aliphatic heterocycles. The summed E-state index contributed by atoms with van der Waals surface area (Å²) in [5, 5.41) is 3.11. The predicted molar refractivity (Wildman–Crippen MR) is 56.4 cm³/mol. The van der Waals surface area contributed by atoms with Crippen LogP contribution >= 0.6 is 0 Å². The van der Waals surface area contributed by atoms with Gasteiger partial charge in [0.1, 0.15) is 0 Å². The van der Waals surface area contributed by atoms with Crippen molar-refractivity contribution in [2.45, 2.75) is 44.2 Å². The van der Waals surface area contributed by atoms with Crippen molar-refractivity contribution in [3.05, 3.63) is 0 Å². The van der Waals surface area contributed by atoms with Crippen LogP contribution < -0.4 is 5.32 Å². The number of amides is 2. The van der Waals surface area contributed by atoms with Crippen molar-refractivity contribution < 1.29 is 4.79 Å². The quantitative estimate of drug-likeness (QED) is 0.694. The third kappa shape index (κ3) is 1.09. The molecular weight excluding hydrogens is 188 g/mol. The Balaban J connectivity index is 1.45. The van der Waals surface area contributed by atoms with E-state index < -0.39 is 0 Å². The number of hydrogen-bond acceptors (Lipinski definition) is 1. The number of urea groups is 1. The van der Waals surface area contributed by atoms with Crippen molar-refractivity contribution in [2.24, 2.45) is 17.8 Å². The highest BCUT2D eigenvalue weighted by Gasteiger charge is 2.57. The maximum atomic E-state index is 11.9. The van der Waals surface area contributed by atoms with Crippen LogP contribution in [0.3, 0.4) is 0 Å². The van der Waals surface area contributed by atoms with Crippen LogP contribution in [-0.4, -0.2) is 29.6 Å². The Morgan fingerprint density at radius 1 is 1.13 bits per heavy atom. The van der Waals surface area contributed by atoms with Gasteiger partial charge in [-0.2, -0.15) is 0 Å². The van der Waals surface area contributed by atoms with E-state index in [2.05, 4.69) is 10.2 Å². The summed E-state index contributed by atoms with van der Waals surface area (Å²) in [6.07, 6.45) is 6.60. The minimum absolute atomic E-state index is 0.228. The Morgan fingerprint density at radius 2 is 1.93 bits per heavy atom. The third-order valence-electron chi connectivity index (χ3n) is 4.97. The zero-order valence-electron chi connectivity index (χ0n) is 8.98. The Hall–Kier alpha value is -0.730. The molecule has 15 heavy (non-hydrogen) atoms. The lowest BCUT2D eigenvalue weighted by Gasteiger charge is -2.50. The first-order valence-electron chi connectivity index (χ1n) is 6.40. The smallest absolute Gasteiger partial charge is 0.317 e. The lowest BCUT2D eigenvalue weighted by atomic mass is 9.77. The molecule has 2 bridgehead atoms. The number of carbonyl (C=O) groups excluding carboxylic acids is 1. The molecule has 4 aliphatic rings. The number of nitrogens with zero attached hydrogens (tertiary/aromatic N) is 1. The monoisotopic (exact) mass is 206 g/mol. The topological polar surface area (TPSA) is 32.3 Å². The Bertz CT molecular complexity index is 311. The molecule has 1 saturated heterocycles. The molecule has 4 rings (SSSR count). The molecule has 3 saturated carbocycles. The highest BCUT2D eigenvalue weighted by Crippen LogP contribution is 2.55. The van der Waals surface area contributed by atoms with E-state index >= 15 is 0 Å². The van der Waals surface area contributed by atoms with Crippen molar-refractivity contribution in [3.8, 4) is 0 Å². The van der Waals surface area contributed by atoms with Gasteiger partial charge < -0.3 is 10.2 Å². The van der Waals surface area contributed by atoms with E-state index in [9.17, 15) is 4.79 Å². The minimum atomic E-state index is 0.228. The van der Waals surface area contributed by atoms with E-state index in [0.717, 1.165) is 24.3 Å². The van der Waals surface area contributed by atoms with Gasteiger partial charge in [-0.25, -0.2) is 4.79 Å². The molecule has 1 heterocycles. The SMILES string of the molecule is O=C(NC1CC1)N1C[C@H]2[C@H]3CC[C@@H](C3)[C@H]21. The van der Waals surface area contributed by atoms with E-state index in [0.29, 0.717) is 12.1 Å². The van der Waals surface area contributed by atoms with Gasteiger partial charge in [0.2, 0.25) is 0 Å². The average Bonchev–Trinajstić information content (AvgIpc) is 2.77. The number of rotatable bonds is 1. The Morgan fingerprint density at radius 3 is 2.67 bits per heavy atom. The van der Waals surface area contributed by atoms with Crippen LogP contribution in [0.15, 0.2) is 0 Å². The first-order chi connectivity index (χ1) is 7.33. The van der Waals surface area contributed by atoms with Gasteiger partial charge in [0, 0.05) is 24.5 Å². The molecular formula is C12H18N2O. The second kappa shape index (κ2) is 2.69. The highest BCUT2D eigenvalue weighted by atomic mass is 16.2. The van der Waals surface area contributed by atoms with Gasteiger partial charge in [-0.05, 0) is 43.9 Å². The molecule has 0 aromatic carbocycles. The summed E-state index contributed by atoms with van der Waals surface area (Å²) in [4.78, 5) is 14.0. The Kier molecular flexibility index (Phi) is 1.51. The van der Waals surface area contributed by atoms with Crippen LogP contribution in [-0.2, 0) is 0 Å². The lowest BCUT2D eigenvalue weighted by molar-refractivity contribution is 0.0122. The van der Waals surface area contributed by atoms with Crippen molar-refractivity contribution in [1.82, 2.24) is 10.2 Å². The van der Waals surface area contributed by atoms with Gasteiger partial charge in [0.15, 0.2) is 0 Å². The second-order valence-electron chi connectivity index (χ2n) is 5.86. The van der Waals surface area contributed by atoms with Crippen LogP contribution in [0.2, 0.25) is 0 Å². The molecule has 0 unspecified atom stereocenters. The maximum absolute atomic E-state index is 11.9. The fraction of sp³-hybridized carbons (Fsp3) is 0.917. The van der Waals surface area contributed by atoms with Crippen molar-refractivity contribution in [1.29, 1.82) is 0 Å². The number of fused-ring (bicyclic) bond motifs is 5. The van der Waals surface area contributed by atoms with Crippen LogP contribution in [0.1, 0.15) is 32.1 Å². The first kappa shape index (κ1) is 8.43. The molecule has 4 fully saturated rings. The summed E-state index contributed by atoms with van der Waals surface area (Å²) in [5.41, 5.74) is 0. The van der Waals surface area contributed by atoms with Gasteiger partial charge in [-0.15, -0.1) is 0 Å². The van der Waals surface area contributed by atoms with Crippen molar-refractivity contribution in [2.75, 3.05) is 6.54 Å². The molecule has 2 amide bonds. The van der Waals surface area contributed by atoms with Gasteiger partial charge in [0.25, 0.3) is 0 Å². The van der Waals surface area contributed by atoms with E-state index in [1.54, 1.807) is 0 Å². The molecule has 3 heteroatoms. The number of hydrogen-bond donors (Lipinski definition) is 1. The molecule has 0 aromatic heterocycles. The van der Waals surface area contributed by atoms with Crippen molar-refractivity contribution in [3.63, 3.8) is 0 Å². The van der Waals surface area contributed by atoms with Crippen LogP contribution in [0.5, 0.6) is 0 Å². The molecule has 3 aliphatic carbocycles. The third-order valence-corrected chi connectivity index (χ3v) is 4.97. The lowest BCUT2D eigenvalue weighted by Crippen LogP contribution is -2.63. The average molecular weight is 206 g/mol. The van der Waals surface area contributed by atoms with Crippen LogP contribution in [0, 0.1) is 17.8 Å². The van der Waals surface area contributed by atoms with Gasteiger partial charge in [-0.1, -0.05) is 0 Å². The highest BCUT2D eigenvalue weighted by molar-refractivity contribution is 5.76.